The van der Waals surface area contributed by atoms with E-state index >= 15 is 0 Å². The Labute approximate surface area is 155 Å². The Morgan fingerprint density at radius 2 is 1.74 bits per heavy atom. The molecule has 1 saturated heterocycles. The zero-order valence-corrected chi connectivity index (χ0v) is 14.4. The van der Waals surface area contributed by atoms with Crippen molar-refractivity contribution in [3.63, 3.8) is 0 Å². The SMILES string of the molecule is N#Cc1c(NC(=O)c2ccc(F)cc2)cccc1N1CCN(C(=O)O)CC1. The van der Waals surface area contributed by atoms with Gasteiger partial charge in [0.25, 0.3) is 5.91 Å². The average Bonchev–Trinajstić information content (AvgIpc) is 2.68. The van der Waals surface area contributed by atoms with Gasteiger partial charge in [-0.15, -0.1) is 0 Å². The van der Waals surface area contributed by atoms with Crippen LogP contribution in [0.25, 0.3) is 0 Å². The Bertz CT molecular complexity index is 900. The summed E-state index contributed by atoms with van der Waals surface area (Å²) in [4.78, 5) is 26.7. The Morgan fingerprint density at radius 1 is 1.07 bits per heavy atom. The highest BCUT2D eigenvalue weighted by molar-refractivity contribution is 6.05. The summed E-state index contributed by atoms with van der Waals surface area (Å²) in [7, 11) is 0. The highest BCUT2D eigenvalue weighted by Gasteiger charge is 2.23. The largest absolute Gasteiger partial charge is 0.465 e. The Kier molecular flexibility index (Phi) is 5.22. The van der Waals surface area contributed by atoms with E-state index in [0.717, 1.165) is 0 Å². The Morgan fingerprint density at radius 3 is 2.33 bits per heavy atom. The van der Waals surface area contributed by atoms with Crippen molar-refractivity contribution >= 4 is 23.4 Å². The number of carbonyl (C=O) groups excluding carboxylic acids is 1. The predicted molar refractivity (Wildman–Crippen MR) is 97.3 cm³/mol. The second-order valence-electron chi connectivity index (χ2n) is 6.03. The van der Waals surface area contributed by atoms with Gasteiger partial charge in [-0.1, -0.05) is 6.07 Å². The topological polar surface area (TPSA) is 96.7 Å². The van der Waals surface area contributed by atoms with Gasteiger partial charge in [0, 0.05) is 31.7 Å². The molecule has 27 heavy (non-hydrogen) atoms. The molecular weight excluding hydrogens is 351 g/mol. The number of nitriles is 1. The Balaban J connectivity index is 1.81. The van der Waals surface area contributed by atoms with Gasteiger partial charge < -0.3 is 20.2 Å². The third-order valence-electron chi connectivity index (χ3n) is 4.40. The van der Waals surface area contributed by atoms with E-state index in [2.05, 4.69) is 11.4 Å². The first-order valence-corrected chi connectivity index (χ1v) is 8.32. The minimum Gasteiger partial charge on any atom is -0.465 e. The lowest BCUT2D eigenvalue weighted by atomic mass is 10.1. The summed E-state index contributed by atoms with van der Waals surface area (Å²) in [6.45, 7) is 1.59. The normalized spacial score (nSPS) is 13.8. The Hall–Kier alpha value is -3.60. The van der Waals surface area contributed by atoms with E-state index in [0.29, 0.717) is 43.1 Å². The molecule has 2 aromatic rings. The molecule has 1 aliphatic heterocycles. The van der Waals surface area contributed by atoms with Gasteiger partial charge in [0.2, 0.25) is 0 Å². The van der Waals surface area contributed by atoms with Crippen molar-refractivity contribution in [2.75, 3.05) is 36.4 Å². The van der Waals surface area contributed by atoms with Crippen molar-refractivity contribution in [2.45, 2.75) is 0 Å². The zero-order valence-electron chi connectivity index (χ0n) is 14.4. The molecule has 0 radical (unpaired) electrons. The van der Waals surface area contributed by atoms with Crippen LogP contribution in [0.5, 0.6) is 0 Å². The van der Waals surface area contributed by atoms with Crippen molar-refractivity contribution in [2.24, 2.45) is 0 Å². The summed E-state index contributed by atoms with van der Waals surface area (Å²) in [6, 6.07) is 12.3. The standard InChI is InChI=1S/C19H17FN4O3/c20-14-6-4-13(5-7-14)18(25)22-16-2-1-3-17(15(16)12-21)23-8-10-24(11-9-23)19(26)27/h1-7H,8-11H2,(H,22,25)(H,26,27). The van der Waals surface area contributed by atoms with E-state index in [1.54, 1.807) is 18.2 Å². The predicted octanol–water partition coefficient (Wildman–Crippen LogP) is 2.75. The molecule has 7 nitrogen and oxygen atoms in total. The van der Waals surface area contributed by atoms with Crippen LogP contribution in [0.4, 0.5) is 20.6 Å². The van der Waals surface area contributed by atoms with Gasteiger partial charge in [-0.05, 0) is 36.4 Å². The summed E-state index contributed by atoms with van der Waals surface area (Å²) in [5.41, 5.74) is 1.57. The molecule has 0 atom stereocenters. The van der Waals surface area contributed by atoms with Crippen LogP contribution in [0.2, 0.25) is 0 Å². The van der Waals surface area contributed by atoms with Crippen molar-refractivity contribution < 1.29 is 19.1 Å². The molecule has 138 valence electrons. The lowest BCUT2D eigenvalue weighted by Gasteiger charge is -2.35. The van der Waals surface area contributed by atoms with Gasteiger partial charge in [0.1, 0.15) is 11.9 Å². The van der Waals surface area contributed by atoms with Gasteiger partial charge in [0.15, 0.2) is 0 Å². The monoisotopic (exact) mass is 368 g/mol. The number of rotatable bonds is 3. The lowest BCUT2D eigenvalue weighted by molar-refractivity contribution is 0.102. The highest BCUT2D eigenvalue weighted by atomic mass is 19.1. The quantitative estimate of drug-likeness (QED) is 0.868. The van der Waals surface area contributed by atoms with Crippen LogP contribution in [-0.2, 0) is 0 Å². The lowest BCUT2D eigenvalue weighted by Crippen LogP contribution is -2.48. The van der Waals surface area contributed by atoms with Crippen LogP contribution in [-0.4, -0.2) is 48.2 Å². The second-order valence-corrected chi connectivity index (χ2v) is 6.03. The van der Waals surface area contributed by atoms with Gasteiger partial charge >= 0.3 is 6.09 Å². The molecule has 0 aliphatic carbocycles. The third-order valence-corrected chi connectivity index (χ3v) is 4.40. The molecule has 8 heteroatoms. The first-order valence-electron chi connectivity index (χ1n) is 8.32. The molecule has 1 fully saturated rings. The van der Waals surface area contributed by atoms with Gasteiger partial charge in [-0.3, -0.25) is 4.79 Å². The minimum atomic E-state index is -0.963. The number of hydrogen-bond donors (Lipinski definition) is 2. The number of benzene rings is 2. The molecule has 2 aromatic carbocycles. The number of carboxylic acid groups (broad SMARTS) is 1. The fraction of sp³-hybridized carbons (Fsp3) is 0.211. The van der Waals surface area contributed by atoms with Gasteiger partial charge in [0.05, 0.1) is 16.9 Å². The van der Waals surface area contributed by atoms with Crippen LogP contribution in [0, 0.1) is 17.1 Å². The molecule has 0 bridgehead atoms. The van der Waals surface area contributed by atoms with Crippen LogP contribution in [0.3, 0.4) is 0 Å². The van der Waals surface area contributed by atoms with Crippen LogP contribution in [0.15, 0.2) is 42.5 Å². The summed E-state index contributed by atoms with van der Waals surface area (Å²) >= 11 is 0. The molecule has 2 amide bonds. The summed E-state index contributed by atoms with van der Waals surface area (Å²) < 4.78 is 13.0. The van der Waals surface area contributed by atoms with E-state index in [9.17, 15) is 19.2 Å². The van der Waals surface area contributed by atoms with E-state index in [-0.39, 0.29) is 5.56 Å². The molecule has 3 rings (SSSR count). The zero-order chi connectivity index (χ0) is 19.4. The smallest absolute Gasteiger partial charge is 0.407 e. The number of nitrogens with zero attached hydrogens (tertiary/aromatic N) is 3. The van der Waals surface area contributed by atoms with Crippen molar-refractivity contribution in [1.82, 2.24) is 4.90 Å². The first-order chi connectivity index (χ1) is 13.0. The van der Waals surface area contributed by atoms with Crippen molar-refractivity contribution in [3.05, 3.63) is 59.4 Å². The van der Waals surface area contributed by atoms with Crippen LogP contribution >= 0.6 is 0 Å². The molecule has 0 spiro atoms. The fourth-order valence-electron chi connectivity index (χ4n) is 2.96. The number of amides is 2. The summed E-state index contributed by atoms with van der Waals surface area (Å²) in [5, 5.41) is 21.3. The maximum Gasteiger partial charge on any atom is 0.407 e. The minimum absolute atomic E-state index is 0.278. The average molecular weight is 368 g/mol. The van der Waals surface area contributed by atoms with Crippen molar-refractivity contribution in [1.29, 1.82) is 5.26 Å². The maximum atomic E-state index is 13.0. The van der Waals surface area contributed by atoms with Gasteiger partial charge in [-0.2, -0.15) is 5.26 Å². The fourth-order valence-corrected chi connectivity index (χ4v) is 2.96. The molecular formula is C19H17FN4O3. The number of hydrogen-bond acceptors (Lipinski definition) is 4. The van der Waals surface area contributed by atoms with Crippen LogP contribution in [0.1, 0.15) is 15.9 Å². The van der Waals surface area contributed by atoms with Crippen LogP contribution < -0.4 is 10.2 Å². The second kappa shape index (κ2) is 7.74. The number of anilines is 2. The van der Waals surface area contributed by atoms with E-state index in [1.807, 2.05) is 4.90 Å². The summed E-state index contributed by atoms with van der Waals surface area (Å²) in [6.07, 6.45) is -0.963. The number of nitrogens with one attached hydrogen (secondary N) is 1. The molecule has 0 saturated carbocycles. The molecule has 2 N–H and O–H groups in total. The molecule has 0 aromatic heterocycles. The number of piperazine rings is 1. The number of carbonyl (C=O) groups is 2. The maximum absolute atomic E-state index is 13.0. The molecule has 1 aliphatic rings. The van der Waals surface area contributed by atoms with E-state index < -0.39 is 17.8 Å². The third kappa shape index (κ3) is 3.98. The molecule has 0 unspecified atom stereocenters. The highest BCUT2D eigenvalue weighted by Crippen LogP contribution is 2.28. The van der Waals surface area contributed by atoms with Crippen molar-refractivity contribution in [3.8, 4) is 6.07 Å². The van der Waals surface area contributed by atoms with E-state index in [4.69, 9.17) is 5.11 Å². The number of halogens is 1. The first kappa shape index (κ1) is 18.2. The van der Waals surface area contributed by atoms with E-state index in [1.165, 1.54) is 29.2 Å². The molecule has 1 heterocycles. The van der Waals surface area contributed by atoms with Gasteiger partial charge in [-0.25, -0.2) is 9.18 Å². The summed E-state index contributed by atoms with van der Waals surface area (Å²) in [5.74, 6) is -0.883.